The fourth-order valence-electron chi connectivity index (χ4n) is 1.15. The molecule has 0 amide bonds. The third-order valence-electron chi connectivity index (χ3n) is 1.90. The number of aromatic nitrogens is 4. The van der Waals surface area contributed by atoms with E-state index < -0.39 is 5.97 Å². The predicted molar refractivity (Wildman–Crippen MR) is 55.0 cm³/mol. The van der Waals surface area contributed by atoms with Crippen molar-refractivity contribution in [1.82, 2.24) is 19.7 Å². The van der Waals surface area contributed by atoms with E-state index in [9.17, 15) is 4.79 Å². The maximum Gasteiger partial charge on any atom is 0.340 e. The van der Waals surface area contributed by atoms with E-state index in [1.54, 1.807) is 18.2 Å². The third kappa shape index (κ3) is 2.43. The number of pyridine rings is 1. The van der Waals surface area contributed by atoms with Gasteiger partial charge in [0.2, 0.25) is 0 Å². The number of ether oxygens (including phenoxy) is 1. The number of nitriles is 1. The van der Waals surface area contributed by atoms with Crippen molar-refractivity contribution in [3.05, 3.63) is 36.5 Å². The summed E-state index contributed by atoms with van der Waals surface area (Å²) in [6.07, 6.45) is 4.24. The molecule has 0 aliphatic rings. The first-order valence-electron chi connectivity index (χ1n) is 4.66. The van der Waals surface area contributed by atoms with Gasteiger partial charge in [0.05, 0.1) is 5.56 Å². The summed E-state index contributed by atoms with van der Waals surface area (Å²) in [6, 6.07) is 4.87. The number of carbonyl (C=O) groups is 1. The van der Waals surface area contributed by atoms with Gasteiger partial charge in [0.25, 0.3) is 0 Å². The molecular weight excluding hydrogens is 222 g/mol. The molecule has 2 aromatic heterocycles. The second kappa shape index (κ2) is 4.85. The summed E-state index contributed by atoms with van der Waals surface area (Å²) in [7, 11) is 0. The molecule has 17 heavy (non-hydrogen) atoms. The van der Waals surface area contributed by atoms with Crippen molar-refractivity contribution < 1.29 is 9.53 Å². The Morgan fingerprint density at radius 2 is 2.41 bits per heavy atom. The van der Waals surface area contributed by atoms with Gasteiger partial charge in [-0.25, -0.2) is 19.4 Å². The van der Waals surface area contributed by atoms with Crippen molar-refractivity contribution in [3.63, 3.8) is 0 Å². The Bertz CT molecular complexity index is 541. The van der Waals surface area contributed by atoms with Gasteiger partial charge in [-0.05, 0) is 12.1 Å². The van der Waals surface area contributed by atoms with Crippen LogP contribution < -0.4 is 0 Å². The molecule has 2 heterocycles. The molecule has 0 fully saturated rings. The van der Waals surface area contributed by atoms with Crippen LogP contribution in [0.3, 0.4) is 0 Å². The lowest BCUT2D eigenvalue weighted by atomic mass is 10.3. The molecule has 0 aliphatic carbocycles. The van der Waals surface area contributed by atoms with Crippen LogP contribution in [-0.4, -0.2) is 32.3 Å². The van der Waals surface area contributed by atoms with Crippen LogP contribution in [0.5, 0.6) is 0 Å². The van der Waals surface area contributed by atoms with Crippen molar-refractivity contribution in [2.75, 3.05) is 6.61 Å². The second-order valence-electron chi connectivity index (χ2n) is 2.98. The largest absolute Gasteiger partial charge is 0.447 e. The predicted octanol–water partition coefficient (Wildman–Crippen LogP) is 0.343. The highest BCUT2D eigenvalue weighted by atomic mass is 16.5. The molecule has 2 aromatic rings. The highest BCUT2D eigenvalue weighted by molar-refractivity contribution is 5.89. The number of hydrogen-bond acceptors (Lipinski definition) is 6. The molecule has 0 saturated heterocycles. The minimum absolute atomic E-state index is 0.274. The third-order valence-corrected chi connectivity index (χ3v) is 1.90. The van der Waals surface area contributed by atoms with Gasteiger partial charge in [-0.3, -0.25) is 0 Å². The summed E-state index contributed by atoms with van der Waals surface area (Å²) in [5.41, 5.74) is 0.282. The Labute approximate surface area is 96.3 Å². The van der Waals surface area contributed by atoms with Crippen LogP contribution >= 0.6 is 0 Å². The van der Waals surface area contributed by atoms with Crippen LogP contribution in [-0.2, 0) is 4.74 Å². The molecule has 0 aromatic carbocycles. The van der Waals surface area contributed by atoms with Crippen LogP contribution in [0, 0.1) is 11.3 Å². The van der Waals surface area contributed by atoms with Crippen LogP contribution in [0.4, 0.5) is 0 Å². The normalized spacial score (nSPS) is 9.59. The Balaban J connectivity index is 2.14. The summed E-state index contributed by atoms with van der Waals surface area (Å²) in [6.45, 7) is -0.274. The number of rotatable bonds is 3. The average Bonchev–Trinajstić information content (AvgIpc) is 2.90. The van der Waals surface area contributed by atoms with Crippen LogP contribution in [0.25, 0.3) is 5.82 Å². The molecule has 0 radical (unpaired) electrons. The maximum atomic E-state index is 11.4. The van der Waals surface area contributed by atoms with E-state index in [2.05, 4.69) is 19.8 Å². The van der Waals surface area contributed by atoms with Crippen molar-refractivity contribution in [2.24, 2.45) is 0 Å². The Kier molecular flexibility index (Phi) is 3.07. The van der Waals surface area contributed by atoms with Gasteiger partial charge < -0.3 is 4.74 Å². The quantitative estimate of drug-likeness (QED) is 0.704. The van der Waals surface area contributed by atoms with Crippen LogP contribution in [0.15, 0.2) is 31.0 Å². The molecule has 0 saturated carbocycles. The monoisotopic (exact) mass is 229 g/mol. The standard InChI is InChI=1S/C10H7N5O2/c11-3-4-17-10(16)8-1-2-9(13-5-8)15-7-12-6-14-15/h1-2,5-7H,4H2. The summed E-state index contributed by atoms with van der Waals surface area (Å²) in [5, 5.41) is 12.2. The van der Waals surface area contributed by atoms with Gasteiger partial charge in [-0.15, -0.1) is 0 Å². The smallest absolute Gasteiger partial charge is 0.340 e. The molecule has 0 spiro atoms. The first-order valence-corrected chi connectivity index (χ1v) is 4.66. The van der Waals surface area contributed by atoms with Crippen LogP contribution in [0.1, 0.15) is 10.4 Å². The van der Waals surface area contributed by atoms with E-state index in [0.29, 0.717) is 5.82 Å². The van der Waals surface area contributed by atoms with Gasteiger partial charge in [0, 0.05) is 6.20 Å². The minimum atomic E-state index is -0.579. The molecular formula is C10H7N5O2. The Morgan fingerprint density at radius 1 is 1.53 bits per heavy atom. The van der Waals surface area contributed by atoms with Gasteiger partial charge in [-0.2, -0.15) is 10.4 Å². The van der Waals surface area contributed by atoms with Gasteiger partial charge in [0.15, 0.2) is 12.4 Å². The van der Waals surface area contributed by atoms with E-state index in [-0.39, 0.29) is 12.2 Å². The zero-order valence-corrected chi connectivity index (χ0v) is 8.65. The van der Waals surface area contributed by atoms with Crippen molar-refractivity contribution in [1.29, 1.82) is 5.26 Å². The second-order valence-corrected chi connectivity index (χ2v) is 2.98. The van der Waals surface area contributed by atoms with E-state index in [1.807, 2.05) is 0 Å². The van der Waals surface area contributed by atoms with Gasteiger partial charge in [-0.1, -0.05) is 0 Å². The van der Waals surface area contributed by atoms with E-state index in [0.717, 1.165) is 0 Å². The lowest BCUT2D eigenvalue weighted by Crippen LogP contribution is -2.07. The minimum Gasteiger partial charge on any atom is -0.447 e. The summed E-state index contributed by atoms with van der Waals surface area (Å²) in [4.78, 5) is 19.2. The molecule has 7 heteroatoms. The van der Waals surface area contributed by atoms with Gasteiger partial charge >= 0.3 is 5.97 Å². The SMILES string of the molecule is N#CCOC(=O)c1ccc(-n2cncn2)nc1. The lowest BCUT2D eigenvalue weighted by Gasteiger charge is -2.01. The number of nitrogens with zero attached hydrogens (tertiary/aromatic N) is 5. The van der Waals surface area contributed by atoms with Crippen molar-refractivity contribution in [2.45, 2.75) is 0 Å². The molecule has 0 atom stereocenters. The van der Waals surface area contributed by atoms with E-state index in [1.165, 1.54) is 23.5 Å². The average molecular weight is 229 g/mol. The zero-order valence-electron chi connectivity index (χ0n) is 8.65. The molecule has 2 rings (SSSR count). The highest BCUT2D eigenvalue weighted by Gasteiger charge is 2.07. The van der Waals surface area contributed by atoms with Crippen molar-refractivity contribution >= 4 is 5.97 Å². The van der Waals surface area contributed by atoms with E-state index >= 15 is 0 Å². The first-order chi connectivity index (χ1) is 8.31. The van der Waals surface area contributed by atoms with Crippen molar-refractivity contribution in [3.8, 4) is 11.9 Å². The maximum absolute atomic E-state index is 11.4. The molecule has 0 bridgehead atoms. The zero-order chi connectivity index (χ0) is 12.1. The number of carbonyl (C=O) groups excluding carboxylic acids is 1. The summed E-state index contributed by atoms with van der Waals surface area (Å²) < 4.78 is 6.10. The molecule has 0 aliphatic heterocycles. The fraction of sp³-hybridized carbons (Fsp3) is 0.100. The number of esters is 1. The van der Waals surface area contributed by atoms with Crippen LogP contribution in [0.2, 0.25) is 0 Å². The summed E-state index contributed by atoms with van der Waals surface area (Å²) in [5.74, 6) is -0.0384. The molecule has 0 unspecified atom stereocenters. The molecule has 7 nitrogen and oxygen atoms in total. The fourth-order valence-corrected chi connectivity index (χ4v) is 1.15. The number of hydrogen-bond donors (Lipinski definition) is 0. The van der Waals surface area contributed by atoms with E-state index in [4.69, 9.17) is 5.26 Å². The molecule has 0 N–H and O–H groups in total. The molecule has 84 valence electrons. The summed E-state index contributed by atoms with van der Waals surface area (Å²) >= 11 is 0. The highest BCUT2D eigenvalue weighted by Crippen LogP contribution is 2.05. The van der Waals surface area contributed by atoms with Gasteiger partial charge in [0.1, 0.15) is 18.7 Å². The topological polar surface area (TPSA) is 93.7 Å². The lowest BCUT2D eigenvalue weighted by molar-refractivity contribution is 0.0554. The Morgan fingerprint density at radius 3 is 3.00 bits per heavy atom. The first kappa shape index (κ1) is 10.8. The Hall–Kier alpha value is -2.75.